The van der Waals surface area contributed by atoms with Crippen molar-refractivity contribution in [2.24, 2.45) is 16.8 Å². The maximum Gasteiger partial charge on any atom is 0.405 e. The van der Waals surface area contributed by atoms with Crippen LogP contribution in [0.2, 0.25) is 0 Å². The fourth-order valence-electron chi connectivity index (χ4n) is 5.35. The number of likely N-dealkylation sites (tertiary alicyclic amines) is 1. The first-order valence-electron chi connectivity index (χ1n) is 10.9. The Kier molecular flexibility index (Phi) is 5.97. The molecule has 1 aromatic carbocycles. The average molecular weight is 486 g/mol. The minimum atomic E-state index is -2.20. The minimum absolute atomic E-state index is 0.0874. The molecule has 2 fully saturated rings. The van der Waals surface area contributed by atoms with Crippen LogP contribution in [0.3, 0.4) is 0 Å². The molecule has 2 amide bonds. The second-order valence-corrected chi connectivity index (χ2v) is 8.87. The molecule has 0 radical (unpaired) electrons. The van der Waals surface area contributed by atoms with E-state index in [1.807, 2.05) is 0 Å². The number of benzene rings is 1. The molecular weight excluding hydrogens is 462 g/mol. The Labute approximate surface area is 198 Å². The highest BCUT2D eigenvalue weighted by Gasteiger charge is 2.69. The first-order valence-corrected chi connectivity index (χ1v) is 10.9. The van der Waals surface area contributed by atoms with Gasteiger partial charge < -0.3 is 10.2 Å². The molecule has 184 valence electrons. The third-order valence-electron chi connectivity index (χ3n) is 6.99. The lowest BCUT2D eigenvalue weighted by molar-refractivity contribution is -0.735. The van der Waals surface area contributed by atoms with Gasteiger partial charge in [0.2, 0.25) is 18.0 Å². The van der Waals surface area contributed by atoms with Crippen molar-refractivity contribution in [1.29, 1.82) is 0 Å². The van der Waals surface area contributed by atoms with Crippen LogP contribution in [0.15, 0.2) is 29.3 Å². The summed E-state index contributed by atoms with van der Waals surface area (Å²) < 4.78 is 1.33. The second-order valence-electron chi connectivity index (χ2n) is 8.87. The SMILES string of the molecule is CC1=[N+](CCN2C(=O)C3C(c4ccccc4C)NC(CC(=O)O)(C(=O)O)C3C2=O)C([N+](=O)[O-])C=N1. The number of carbonyl (C=O) groups is 4. The standard InChI is InChI=1S/C22H23N5O8/c1-11-5-3-4-6-13(11)18-16-17(22(24-18,21(32)33)9-15(28)29)20(31)26(19(16)30)8-7-25-12(2)23-10-14(25)27(34)35/h3-6,10,14,16-18,24H,7-9H2,1-2H3,(H-,28,29,32,33)/p+1. The lowest BCUT2D eigenvalue weighted by Gasteiger charge is -2.30. The molecule has 3 N–H and O–H groups in total. The van der Waals surface area contributed by atoms with E-state index in [4.69, 9.17) is 0 Å². The number of nitrogens with one attached hydrogen (secondary N) is 1. The Morgan fingerprint density at radius 1 is 1.23 bits per heavy atom. The fourth-order valence-corrected chi connectivity index (χ4v) is 5.35. The van der Waals surface area contributed by atoms with Crippen LogP contribution in [0.5, 0.6) is 0 Å². The normalized spacial score (nSPS) is 29.7. The van der Waals surface area contributed by atoms with E-state index in [1.54, 1.807) is 38.1 Å². The first-order chi connectivity index (χ1) is 16.5. The summed E-state index contributed by atoms with van der Waals surface area (Å²) in [5.74, 6) is -6.70. The van der Waals surface area contributed by atoms with E-state index in [2.05, 4.69) is 10.3 Å². The number of aliphatic imine (C=N–C) groups is 1. The smallest absolute Gasteiger partial charge is 0.405 e. The summed E-state index contributed by atoms with van der Waals surface area (Å²) in [5, 5.41) is 33.7. The number of nitrogens with zero attached hydrogens (tertiary/aromatic N) is 4. The average Bonchev–Trinajstić information content (AvgIpc) is 3.39. The number of imide groups is 1. The molecule has 0 spiro atoms. The molecule has 1 aromatic rings. The van der Waals surface area contributed by atoms with Gasteiger partial charge in [-0.25, -0.2) is 0 Å². The van der Waals surface area contributed by atoms with Gasteiger partial charge in [-0.2, -0.15) is 4.58 Å². The van der Waals surface area contributed by atoms with Crippen LogP contribution >= 0.6 is 0 Å². The van der Waals surface area contributed by atoms with Crippen molar-refractivity contribution < 1.29 is 38.9 Å². The third kappa shape index (κ3) is 3.77. The highest BCUT2D eigenvalue weighted by molar-refractivity contribution is 6.10. The Morgan fingerprint density at radius 2 is 1.91 bits per heavy atom. The van der Waals surface area contributed by atoms with Gasteiger partial charge in [-0.3, -0.25) is 39.5 Å². The number of aryl methyl sites for hydroxylation is 1. The lowest BCUT2D eigenvalue weighted by Crippen LogP contribution is -2.57. The zero-order chi connectivity index (χ0) is 25.7. The van der Waals surface area contributed by atoms with Gasteiger partial charge in [0, 0.05) is 13.0 Å². The number of carboxylic acids is 2. The van der Waals surface area contributed by atoms with E-state index in [1.165, 1.54) is 4.58 Å². The fraction of sp³-hybridized carbons (Fsp3) is 0.455. The summed E-state index contributed by atoms with van der Waals surface area (Å²) in [6.45, 7) is 3.00. The topological polar surface area (TPSA) is 183 Å². The molecule has 13 nitrogen and oxygen atoms in total. The molecule has 0 aromatic heterocycles. The van der Waals surface area contributed by atoms with Crippen LogP contribution in [0.1, 0.15) is 30.5 Å². The number of hydrogen-bond donors (Lipinski definition) is 3. The van der Waals surface area contributed by atoms with Gasteiger partial charge >= 0.3 is 18.1 Å². The van der Waals surface area contributed by atoms with Gasteiger partial charge in [-0.05, 0) is 23.0 Å². The number of amides is 2. The van der Waals surface area contributed by atoms with Crippen molar-refractivity contribution in [2.45, 2.75) is 38.0 Å². The van der Waals surface area contributed by atoms with E-state index in [0.29, 0.717) is 11.4 Å². The van der Waals surface area contributed by atoms with Crippen molar-refractivity contribution in [1.82, 2.24) is 10.2 Å². The summed E-state index contributed by atoms with van der Waals surface area (Å²) in [6.07, 6.45) is -0.999. The molecule has 4 rings (SSSR count). The van der Waals surface area contributed by atoms with Crippen molar-refractivity contribution in [2.75, 3.05) is 13.1 Å². The minimum Gasteiger partial charge on any atom is -0.481 e. The zero-order valence-electron chi connectivity index (χ0n) is 19.0. The number of carboxylic acid groups (broad SMARTS) is 2. The molecular formula is C22H24N5O8+. The monoisotopic (exact) mass is 486 g/mol. The molecule has 3 aliphatic rings. The van der Waals surface area contributed by atoms with Crippen LogP contribution in [-0.4, -0.2) is 85.2 Å². The molecule has 35 heavy (non-hydrogen) atoms. The van der Waals surface area contributed by atoms with Crippen molar-refractivity contribution >= 4 is 35.8 Å². The third-order valence-corrected chi connectivity index (χ3v) is 6.99. The van der Waals surface area contributed by atoms with Crippen LogP contribution < -0.4 is 5.32 Å². The van der Waals surface area contributed by atoms with Crippen LogP contribution in [0.4, 0.5) is 0 Å². The van der Waals surface area contributed by atoms with E-state index in [-0.39, 0.29) is 13.1 Å². The number of amidine groups is 1. The lowest BCUT2D eigenvalue weighted by atomic mass is 9.77. The summed E-state index contributed by atoms with van der Waals surface area (Å²) in [7, 11) is 0. The number of nitro groups is 1. The number of hydrogen-bond acceptors (Lipinski definition) is 8. The maximum absolute atomic E-state index is 13.5. The molecule has 0 bridgehead atoms. The van der Waals surface area contributed by atoms with E-state index in [9.17, 15) is 39.5 Å². The predicted molar refractivity (Wildman–Crippen MR) is 118 cm³/mol. The Hall–Kier alpha value is -4.00. The van der Waals surface area contributed by atoms with E-state index in [0.717, 1.165) is 16.7 Å². The van der Waals surface area contributed by atoms with Crippen LogP contribution in [0, 0.1) is 28.9 Å². The van der Waals surface area contributed by atoms with Crippen LogP contribution in [-0.2, 0) is 19.2 Å². The molecule has 3 aliphatic heterocycles. The van der Waals surface area contributed by atoms with E-state index >= 15 is 0 Å². The molecule has 3 heterocycles. The van der Waals surface area contributed by atoms with Gasteiger partial charge in [0.15, 0.2) is 0 Å². The maximum atomic E-state index is 13.5. The second kappa shape index (κ2) is 8.65. The molecule has 0 aliphatic carbocycles. The Balaban J connectivity index is 1.72. The Morgan fingerprint density at radius 3 is 2.51 bits per heavy atom. The summed E-state index contributed by atoms with van der Waals surface area (Å²) in [4.78, 5) is 66.7. The zero-order valence-corrected chi connectivity index (χ0v) is 19.0. The highest BCUT2D eigenvalue weighted by Crippen LogP contribution is 2.50. The van der Waals surface area contributed by atoms with Crippen molar-refractivity contribution in [3.63, 3.8) is 0 Å². The predicted octanol–water partition coefficient (Wildman–Crippen LogP) is -0.343. The quantitative estimate of drug-likeness (QED) is 0.191. The largest absolute Gasteiger partial charge is 0.481 e. The molecule has 5 unspecified atom stereocenters. The number of carbonyl (C=O) groups excluding carboxylic acids is 2. The highest BCUT2D eigenvalue weighted by atomic mass is 16.6. The number of rotatable bonds is 8. The molecule has 0 saturated carbocycles. The van der Waals surface area contributed by atoms with Gasteiger partial charge in [-0.1, -0.05) is 24.3 Å². The Bertz CT molecular complexity index is 1210. The number of fused-ring (bicyclic) bond motifs is 1. The summed E-state index contributed by atoms with van der Waals surface area (Å²) >= 11 is 0. The number of aliphatic carboxylic acids is 2. The van der Waals surface area contributed by atoms with Crippen molar-refractivity contribution in [3.8, 4) is 0 Å². The van der Waals surface area contributed by atoms with Gasteiger partial charge in [0.25, 0.3) is 5.84 Å². The van der Waals surface area contributed by atoms with Crippen molar-refractivity contribution in [3.05, 3.63) is 45.5 Å². The van der Waals surface area contributed by atoms with Gasteiger partial charge in [0.05, 0.1) is 29.7 Å². The van der Waals surface area contributed by atoms with E-state index < -0.39 is 64.7 Å². The summed E-state index contributed by atoms with van der Waals surface area (Å²) in [5.41, 5.74) is -0.871. The molecule has 13 heteroatoms. The van der Waals surface area contributed by atoms with Crippen LogP contribution in [0.25, 0.3) is 0 Å². The summed E-state index contributed by atoms with van der Waals surface area (Å²) in [6, 6.07) is 6.04. The molecule has 5 atom stereocenters. The van der Waals surface area contributed by atoms with Gasteiger partial charge in [-0.15, -0.1) is 0 Å². The molecule has 2 saturated heterocycles. The van der Waals surface area contributed by atoms with Gasteiger partial charge in [0.1, 0.15) is 12.1 Å². The first kappa shape index (κ1) is 24.1.